The van der Waals surface area contributed by atoms with E-state index in [9.17, 15) is 78.6 Å². The Hall–Kier alpha value is -10.1. The summed E-state index contributed by atoms with van der Waals surface area (Å²) in [6.07, 6.45) is -3.58. The number of hydrogen-bond acceptors (Lipinski definition) is 15. The fourth-order valence-corrected chi connectivity index (χ4v) is 13.6. The van der Waals surface area contributed by atoms with E-state index in [1.54, 1.807) is 69.6 Å². The number of nitrogens with one attached hydrogen (secondary N) is 4. The predicted molar refractivity (Wildman–Crippen MR) is 381 cm³/mol. The normalized spacial score (nSPS) is 17.8. The van der Waals surface area contributed by atoms with Crippen molar-refractivity contribution >= 4 is 129 Å². The second-order valence-corrected chi connectivity index (χ2v) is 28.9. The number of aromatic nitrogens is 6. The second-order valence-electron chi connectivity index (χ2n) is 27.3. The number of fused-ring (bicyclic) bond motifs is 2. The first-order valence-electron chi connectivity index (χ1n) is 33.1. The lowest BCUT2D eigenvalue weighted by Crippen LogP contribution is -2.51. The number of rotatable bonds is 24. The molecule has 0 spiro atoms. The summed E-state index contributed by atoms with van der Waals surface area (Å²) in [6.45, 7) is 8.03. The highest BCUT2D eigenvalue weighted by atomic mass is 35.5. The minimum Gasteiger partial charge on any atom is -0.481 e. The van der Waals surface area contributed by atoms with Crippen molar-refractivity contribution in [2.45, 2.75) is 151 Å². The maximum absolute atomic E-state index is 14.5. The van der Waals surface area contributed by atoms with Crippen molar-refractivity contribution in [1.82, 2.24) is 50.3 Å². The van der Waals surface area contributed by atoms with Crippen LogP contribution in [-0.4, -0.2) is 112 Å². The van der Waals surface area contributed by atoms with Gasteiger partial charge in [0.05, 0.1) is 66.3 Å². The molecule has 6 heterocycles. The van der Waals surface area contributed by atoms with Crippen LogP contribution in [0.4, 0.5) is 58.4 Å². The van der Waals surface area contributed by atoms with Crippen molar-refractivity contribution in [3.63, 3.8) is 0 Å². The second kappa shape index (κ2) is 31.4. The van der Waals surface area contributed by atoms with Crippen LogP contribution in [0.3, 0.4) is 0 Å². The summed E-state index contributed by atoms with van der Waals surface area (Å²) < 4.78 is 122. The number of carboxylic acid groups (broad SMARTS) is 1. The van der Waals surface area contributed by atoms with Crippen LogP contribution in [-0.2, 0) is 68.5 Å². The van der Waals surface area contributed by atoms with Crippen molar-refractivity contribution in [2.75, 3.05) is 9.80 Å². The molecule has 4 aromatic carbocycles. The molecule has 2 aliphatic carbocycles. The highest BCUT2D eigenvalue weighted by molar-refractivity contribution is 6.36. The van der Waals surface area contributed by atoms with Gasteiger partial charge in [-0.25, -0.2) is 28.5 Å². The molecule has 0 radical (unpaired) electrons. The summed E-state index contributed by atoms with van der Waals surface area (Å²) in [6, 6.07) is 22.1. The van der Waals surface area contributed by atoms with Crippen LogP contribution in [0.25, 0.3) is 0 Å². The van der Waals surface area contributed by atoms with Gasteiger partial charge in [0.15, 0.2) is 11.6 Å². The number of aliphatic carboxylic acids is 1. The minimum atomic E-state index is -4.93. The van der Waals surface area contributed by atoms with Crippen molar-refractivity contribution in [3.05, 3.63) is 200 Å². The smallest absolute Gasteiger partial charge is 0.481 e. The zero-order valence-electron chi connectivity index (χ0n) is 57.9. The van der Waals surface area contributed by atoms with E-state index in [4.69, 9.17) is 51.1 Å². The summed E-state index contributed by atoms with van der Waals surface area (Å²) in [5, 5.41) is 19.0. The lowest BCUT2D eigenvalue weighted by atomic mass is 9.91. The van der Waals surface area contributed by atoms with E-state index < -0.39 is 150 Å². The third kappa shape index (κ3) is 18.1. The number of hydrogen-bond donors (Lipinski definition) is 5. The van der Waals surface area contributed by atoms with E-state index in [1.807, 2.05) is 0 Å². The summed E-state index contributed by atoms with van der Waals surface area (Å²) >= 11 is 24.3. The third-order valence-corrected chi connectivity index (χ3v) is 19.1. The number of esters is 1. The summed E-state index contributed by atoms with van der Waals surface area (Å²) in [4.78, 5) is 129. The van der Waals surface area contributed by atoms with Crippen molar-refractivity contribution in [1.29, 1.82) is 0 Å². The molecule has 4 atom stereocenters. The van der Waals surface area contributed by atoms with E-state index in [1.165, 1.54) is 53.4 Å². The van der Waals surface area contributed by atoms with Crippen molar-refractivity contribution < 1.29 is 92.8 Å². The van der Waals surface area contributed by atoms with E-state index in [-0.39, 0.29) is 79.2 Å². The van der Waals surface area contributed by atoms with Crippen LogP contribution in [0.5, 0.6) is 11.5 Å². The fourth-order valence-electron chi connectivity index (χ4n) is 12.7. The highest BCUT2D eigenvalue weighted by Crippen LogP contribution is 2.49. The number of nitrogens with zero attached hydrogens (tertiary/aromatic N) is 8. The summed E-state index contributed by atoms with van der Waals surface area (Å²) in [7, 11) is 0. The molecule has 12 rings (SSSR count). The zero-order valence-corrected chi connectivity index (χ0v) is 61.7. The Morgan fingerprint density at radius 3 is 1.22 bits per heavy atom. The summed E-state index contributed by atoms with van der Waals surface area (Å²) in [5.74, 6) is -9.23. The van der Waals surface area contributed by atoms with Crippen molar-refractivity contribution in [2.24, 2.45) is 0 Å². The molecule has 4 aromatic heterocycles. The maximum Gasteiger partial charge on any atom is 0.573 e. The highest BCUT2D eigenvalue weighted by Gasteiger charge is 2.55. The lowest BCUT2D eigenvalue weighted by Gasteiger charge is -2.27. The molecule has 6 amide bonds. The lowest BCUT2D eigenvalue weighted by molar-refractivity contribution is -0.275. The van der Waals surface area contributed by atoms with Gasteiger partial charge in [-0.3, -0.25) is 57.5 Å². The fraction of sp³-hybridized carbons (Fsp3) is 0.333. The zero-order chi connectivity index (χ0) is 78.4. The van der Waals surface area contributed by atoms with E-state index in [2.05, 4.69) is 50.7 Å². The number of pyridine rings is 2. The Labute approximate surface area is 641 Å². The number of benzene rings is 4. The molecule has 109 heavy (non-hydrogen) atoms. The molecule has 2 aliphatic heterocycles. The molecule has 8 aromatic rings. The average Bonchev–Trinajstić information content (AvgIpc) is 1.57. The number of imidazole rings is 2. The van der Waals surface area contributed by atoms with Gasteiger partial charge < -0.3 is 40.6 Å². The Morgan fingerprint density at radius 2 is 0.908 bits per heavy atom. The molecule has 2 fully saturated rings. The van der Waals surface area contributed by atoms with E-state index in [0.29, 0.717) is 48.2 Å². The molecule has 2 saturated carbocycles. The van der Waals surface area contributed by atoms with Gasteiger partial charge in [-0.2, -0.15) is 0 Å². The van der Waals surface area contributed by atoms with Gasteiger partial charge in [-0.1, -0.05) is 82.8 Å². The van der Waals surface area contributed by atoms with Crippen LogP contribution in [0.1, 0.15) is 129 Å². The molecule has 576 valence electrons. The molecule has 0 saturated heterocycles. The number of halogens is 13. The number of anilines is 4. The number of alkyl halides is 6. The molecular formula is C72H65Cl5F8N12O12. The topological polar surface area (TPSA) is 300 Å². The van der Waals surface area contributed by atoms with Gasteiger partial charge in [0.25, 0.3) is 23.6 Å². The molecule has 0 bridgehead atoms. The Bertz CT molecular complexity index is 4790. The molecule has 37 heteroatoms. The van der Waals surface area contributed by atoms with Crippen LogP contribution >= 0.6 is 58.8 Å². The molecule has 0 unspecified atom stereocenters. The first-order chi connectivity index (χ1) is 50.7. The monoisotopic (exact) mass is 1620 g/mol. The van der Waals surface area contributed by atoms with E-state index in [0.717, 1.165) is 64.5 Å². The first kappa shape index (κ1) is 81.4. The molecule has 24 nitrogen and oxygen atoms in total. The van der Waals surface area contributed by atoms with Crippen LogP contribution in [0.15, 0.2) is 134 Å². The Balaban J connectivity index is 0.000000231. The molecular weight excluding hydrogens is 1550 g/mol. The van der Waals surface area contributed by atoms with Gasteiger partial charge in [0.1, 0.15) is 51.6 Å². The number of carboxylic acids is 1. The van der Waals surface area contributed by atoms with Crippen LogP contribution in [0.2, 0.25) is 20.1 Å². The average molecular weight is 1620 g/mol. The minimum absolute atomic E-state index is 0. The van der Waals surface area contributed by atoms with Gasteiger partial charge in [0.2, 0.25) is 23.7 Å². The van der Waals surface area contributed by atoms with Gasteiger partial charge in [0, 0.05) is 38.1 Å². The largest absolute Gasteiger partial charge is 0.573 e. The van der Waals surface area contributed by atoms with Gasteiger partial charge >= 0.3 is 24.7 Å². The van der Waals surface area contributed by atoms with Crippen LogP contribution < -0.4 is 40.5 Å². The Kier molecular flexibility index (Phi) is 23.5. The number of amides is 6. The Morgan fingerprint density at radius 1 is 0.550 bits per heavy atom. The predicted octanol–water partition coefficient (Wildman–Crippen LogP) is 13.7. The number of carbonyl (C=O) groups is 8. The molecule has 5 N–H and O–H groups in total. The summed E-state index contributed by atoms with van der Waals surface area (Å²) in [5.41, 5.74) is -4.17. The van der Waals surface area contributed by atoms with Gasteiger partial charge in [-0.05, 0) is 157 Å². The SMILES string of the molecule is CC(C)(C)OC(=O)CC[C@H](NC(=O)c1cnc2n1[C@](C)(Cc1ccc(OC(F)(F)F)cc1)C(=O)N2c1cc(Cl)c(F)c(Cl)c1)C(=O)NC1(c2ccccn2)CC1.C[C@@]1(Cc2ccc(OC(F)(F)F)cc2)C(=O)N(c2cc(Cl)c(F)c(Cl)c2)c2ncc(C(=O)N[C@@H](CCC(=O)O)C(=O)NC3(c4ccccn4)CC3)n21.Cl. The van der Waals surface area contributed by atoms with Crippen LogP contribution in [0, 0.1) is 11.6 Å². The third-order valence-electron chi connectivity index (χ3n) is 18.0. The first-order valence-corrected chi connectivity index (χ1v) is 34.6. The maximum atomic E-state index is 14.5. The standard InChI is InChI=1S/C38H36Cl2F4N6O6.C34H28Cl2F4N6O6.ClH/c1-35(2,3)56-29(51)13-12-26(31(52)48-37(14-15-37)28-7-5-6-16-45-28)47-32(53)27-20-46-34-49(22-17-24(39)30(41)25(40)18-22)33(54)36(4,50(27)34)19-21-8-10-23(11-9-21)55-38(42,43)44;1-32(16-18-5-7-20(8-6-18)52-34(38,39)40)30(51)45(19-14-21(35)27(37)22(36)15-19)31-42-17-24(46(31)32)29(50)43-23(9-10-26(47)48)28(49)44-33(11-12-33)25-4-2-3-13-41-25;/h5-11,16-18,20,26H,12-15,19H2,1-4H3,(H,47,53)(H,48,52);2-8,13-15,17,23H,9-12,16H2,1H3,(H,43,50)(H,44,49)(H,47,48);1H/t26-,36+;23-,32+;/m00./s1. The van der Waals surface area contributed by atoms with Gasteiger partial charge in [-0.15, -0.1) is 38.7 Å². The molecule has 4 aliphatic rings. The van der Waals surface area contributed by atoms with E-state index >= 15 is 0 Å². The van der Waals surface area contributed by atoms with Crippen molar-refractivity contribution in [3.8, 4) is 11.5 Å². The number of carbonyl (C=O) groups excluding carboxylic acids is 7. The number of ether oxygens (including phenoxy) is 3. The quantitative estimate of drug-likeness (QED) is 0.0213.